The highest BCUT2D eigenvalue weighted by Crippen LogP contribution is 2.33. The molecule has 0 saturated carbocycles. The molecule has 0 bridgehead atoms. The van der Waals surface area contributed by atoms with Crippen LogP contribution in [-0.2, 0) is 0 Å². The van der Waals surface area contributed by atoms with Crippen molar-refractivity contribution in [2.24, 2.45) is 0 Å². The van der Waals surface area contributed by atoms with Crippen LogP contribution in [-0.4, -0.2) is 0 Å². The smallest absolute Gasteiger partial charge is 0.0148 e. The zero-order valence-electron chi connectivity index (χ0n) is 9.16. The Morgan fingerprint density at radius 3 is 2.73 bits per heavy atom. The molecule has 0 fully saturated rings. The van der Waals surface area contributed by atoms with Crippen LogP contribution in [0.1, 0.15) is 17.5 Å². The molecular weight excluding hydrogens is 200 g/mol. The van der Waals surface area contributed by atoms with Crippen molar-refractivity contribution in [3.05, 3.63) is 58.9 Å². The Morgan fingerprint density at radius 1 is 1.20 bits per heavy atom. The van der Waals surface area contributed by atoms with E-state index in [1.165, 1.54) is 20.9 Å². The number of aryl methyl sites for hydroxylation is 2. The van der Waals surface area contributed by atoms with E-state index >= 15 is 0 Å². The number of hydrogen-bond donors (Lipinski definition) is 0. The molecule has 0 atom stereocenters. The second kappa shape index (κ2) is 4.71. The van der Waals surface area contributed by atoms with Gasteiger partial charge < -0.3 is 0 Å². The van der Waals surface area contributed by atoms with Crippen molar-refractivity contribution in [2.45, 2.75) is 25.2 Å². The fourth-order valence-electron chi connectivity index (χ4n) is 1.61. The third-order valence-electron chi connectivity index (χ3n) is 2.41. The van der Waals surface area contributed by atoms with Crippen LogP contribution in [0, 0.1) is 20.3 Å². The molecule has 0 spiro atoms. The molecule has 0 N–H and O–H groups in total. The SMILES string of the molecule is Cc1ccc(SC2=CC=CC[CH]2)c(C)c1. The maximum Gasteiger partial charge on any atom is 0.0148 e. The van der Waals surface area contributed by atoms with Gasteiger partial charge in [-0.2, -0.15) is 0 Å². The third kappa shape index (κ3) is 2.75. The molecule has 15 heavy (non-hydrogen) atoms. The summed E-state index contributed by atoms with van der Waals surface area (Å²) >= 11 is 1.85. The maximum atomic E-state index is 2.27. The summed E-state index contributed by atoms with van der Waals surface area (Å²) in [6, 6.07) is 6.62. The zero-order chi connectivity index (χ0) is 10.7. The van der Waals surface area contributed by atoms with Crippen molar-refractivity contribution in [3.8, 4) is 0 Å². The second-order valence-corrected chi connectivity index (χ2v) is 4.92. The summed E-state index contributed by atoms with van der Waals surface area (Å²) in [5.41, 5.74) is 2.70. The quantitative estimate of drug-likeness (QED) is 0.702. The van der Waals surface area contributed by atoms with Gasteiger partial charge in [-0.15, -0.1) is 0 Å². The van der Waals surface area contributed by atoms with Gasteiger partial charge in [0.25, 0.3) is 0 Å². The first-order chi connectivity index (χ1) is 7.25. The largest absolute Gasteiger partial charge is 0.0939 e. The predicted octanol–water partition coefficient (Wildman–Crippen LogP) is 4.44. The van der Waals surface area contributed by atoms with Gasteiger partial charge >= 0.3 is 0 Å². The lowest BCUT2D eigenvalue weighted by atomic mass is 10.2. The van der Waals surface area contributed by atoms with Crippen molar-refractivity contribution in [3.63, 3.8) is 0 Å². The summed E-state index contributed by atoms with van der Waals surface area (Å²) in [5, 5.41) is 0. The molecule has 0 aromatic heterocycles. The molecule has 0 heterocycles. The molecule has 1 aliphatic rings. The minimum atomic E-state index is 1.06. The molecule has 1 aromatic carbocycles. The Hall–Kier alpha value is -0.950. The number of thioether (sulfide) groups is 1. The Bertz CT molecular complexity index is 413. The fraction of sp³-hybridized carbons (Fsp3) is 0.214. The highest BCUT2D eigenvalue weighted by atomic mass is 32.2. The van der Waals surface area contributed by atoms with Crippen molar-refractivity contribution >= 4 is 11.8 Å². The van der Waals surface area contributed by atoms with Crippen LogP contribution in [0.2, 0.25) is 0 Å². The molecule has 1 radical (unpaired) electrons. The lowest BCUT2D eigenvalue weighted by Gasteiger charge is -2.10. The maximum absolute atomic E-state index is 2.27. The van der Waals surface area contributed by atoms with Gasteiger partial charge in [-0.05, 0) is 36.8 Å². The van der Waals surface area contributed by atoms with Gasteiger partial charge in [-0.25, -0.2) is 0 Å². The third-order valence-corrected chi connectivity index (χ3v) is 3.63. The minimum absolute atomic E-state index is 1.06. The molecule has 0 unspecified atom stereocenters. The Labute approximate surface area is 96.1 Å². The molecule has 0 saturated heterocycles. The first kappa shape index (κ1) is 10.6. The van der Waals surface area contributed by atoms with Crippen LogP contribution >= 0.6 is 11.8 Å². The number of allylic oxidation sites excluding steroid dienone is 4. The molecule has 1 aromatic rings. The van der Waals surface area contributed by atoms with Gasteiger partial charge in [-0.1, -0.05) is 47.7 Å². The molecule has 0 aliphatic heterocycles. The molecule has 1 aliphatic carbocycles. The monoisotopic (exact) mass is 215 g/mol. The van der Waals surface area contributed by atoms with E-state index in [1.807, 2.05) is 11.8 Å². The normalized spacial score (nSPS) is 15.2. The van der Waals surface area contributed by atoms with Gasteiger partial charge in [0.1, 0.15) is 0 Å². The zero-order valence-corrected chi connectivity index (χ0v) is 9.97. The van der Waals surface area contributed by atoms with E-state index in [0.29, 0.717) is 0 Å². The van der Waals surface area contributed by atoms with Crippen molar-refractivity contribution in [2.75, 3.05) is 0 Å². The standard InChI is InChI=1S/C14H15S/c1-11-8-9-14(12(2)10-11)15-13-6-4-3-5-7-13/h3-4,6-10H,5H2,1-2H3. The van der Waals surface area contributed by atoms with Gasteiger partial charge in [0.15, 0.2) is 0 Å². The summed E-state index contributed by atoms with van der Waals surface area (Å²) in [7, 11) is 0. The van der Waals surface area contributed by atoms with Crippen LogP contribution in [0.5, 0.6) is 0 Å². The minimum Gasteiger partial charge on any atom is -0.0939 e. The van der Waals surface area contributed by atoms with E-state index in [-0.39, 0.29) is 0 Å². The van der Waals surface area contributed by atoms with Gasteiger partial charge in [0.2, 0.25) is 0 Å². The van der Waals surface area contributed by atoms with Crippen molar-refractivity contribution in [1.29, 1.82) is 0 Å². The lowest BCUT2D eigenvalue weighted by Crippen LogP contribution is -1.86. The van der Waals surface area contributed by atoms with Crippen molar-refractivity contribution < 1.29 is 0 Å². The average molecular weight is 215 g/mol. The van der Waals surface area contributed by atoms with E-state index < -0.39 is 0 Å². The molecule has 0 nitrogen and oxygen atoms in total. The van der Waals surface area contributed by atoms with E-state index in [0.717, 1.165) is 6.42 Å². The highest BCUT2D eigenvalue weighted by molar-refractivity contribution is 8.03. The molecule has 2 rings (SSSR count). The van der Waals surface area contributed by atoms with Crippen LogP contribution < -0.4 is 0 Å². The van der Waals surface area contributed by atoms with Crippen LogP contribution in [0.25, 0.3) is 0 Å². The molecule has 1 heteroatoms. The van der Waals surface area contributed by atoms with Crippen LogP contribution in [0.3, 0.4) is 0 Å². The molecule has 0 amide bonds. The van der Waals surface area contributed by atoms with E-state index in [9.17, 15) is 0 Å². The number of hydrogen-bond acceptors (Lipinski definition) is 1. The fourth-order valence-corrected chi connectivity index (χ4v) is 2.55. The first-order valence-electron chi connectivity index (χ1n) is 5.21. The van der Waals surface area contributed by atoms with Gasteiger partial charge in [0, 0.05) is 11.3 Å². The van der Waals surface area contributed by atoms with Crippen LogP contribution in [0.15, 0.2) is 46.2 Å². The first-order valence-corrected chi connectivity index (χ1v) is 6.02. The Morgan fingerprint density at radius 2 is 2.07 bits per heavy atom. The van der Waals surface area contributed by atoms with Gasteiger partial charge in [0.05, 0.1) is 0 Å². The molecular formula is C14H15S. The second-order valence-electron chi connectivity index (χ2n) is 3.81. The summed E-state index contributed by atoms with van der Waals surface area (Å²) < 4.78 is 0. The van der Waals surface area contributed by atoms with E-state index in [1.54, 1.807) is 0 Å². The topological polar surface area (TPSA) is 0 Å². The summed E-state index contributed by atoms with van der Waals surface area (Å²) in [4.78, 5) is 2.71. The summed E-state index contributed by atoms with van der Waals surface area (Å²) in [6.07, 6.45) is 9.80. The average Bonchev–Trinajstić information content (AvgIpc) is 2.24. The van der Waals surface area contributed by atoms with E-state index in [4.69, 9.17) is 0 Å². The Balaban J connectivity index is 2.17. The Kier molecular flexibility index (Phi) is 3.32. The number of rotatable bonds is 2. The number of benzene rings is 1. The lowest BCUT2D eigenvalue weighted by molar-refractivity contribution is 1.24. The predicted molar refractivity (Wildman–Crippen MR) is 67.9 cm³/mol. The summed E-state index contributed by atoms with van der Waals surface area (Å²) in [5.74, 6) is 0. The van der Waals surface area contributed by atoms with Crippen molar-refractivity contribution in [1.82, 2.24) is 0 Å². The molecule has 77 valence electrons. The van der Waals surface area contributed by atoms with Crippen LogP contribution in [0.4, 0.5) is 0 Å². The van der Waals surface area contributed by atoms with E-state index in [2.05, 4.69) is 56.7 Å². The highest BCUT2D eigenvalue weighted by Gasteiger charge is 2.05. The summed E-state index contributed by atoms with van der Waals surface area (Å²) in [6.45, 7) is 4.31. The van der Waals surface area contributed by atoms with Gasteiger partial charge in [-0.3, -0.25) is 0 Å².